The average Bonchev–Trinajstić information content (AvgIpc) is 3.58. The van der Waals surface area contributed by atoms with E-state index < -0.39 is 0 Å². The van der Waals surface area contributed by atoms with Crippen molar-refractivity contribution in [3.63, 3.8) is 0 Å². The number of nitrogens with zero attached hydrogens (tertiary/aromatic N) is 3. The summed E-state index contributed by atoms with van der Waals surface area (Å²) in [6.07, 6.45) is 11.2. The van der Waals surface area contributed by atoms with Crippen LogP contribution in [-0.2, 0) is 4.79 Å². The molecule has 0 saturated heterocycles. The lowest BCUT2D eigenvalue weighted by atomic mass is 10.0. The molecule has 1 aromatic carbocycles. The lowest BCUT2D eigenvalue weighted by Gasteiger charge is -2.40. The van der Waals surface area contributed by atoms with Crippen molar-refractivity contribution in [2.24, 2.45) is 0 Å². The van der Waals surface area contributed by atoms with Crippen LogP contribution in [0.1, 0.15) is 75.1 Å². The van der Waals surface area contributed by atoms with Gasteiger partial charge in [0, 0.05) is 17.6 Å². The van der Waals surface area contributed by atoms with Gasteiger partial charge < -0.3 is 25.6 Å². The van der Waals surface area contributed by atoms with Crippen LogP contribution in [0.3, 0.4) is 0 Å². The Morgan fingerprint density at radius 2 is 1.91 bits per heavy atom. The molecule has 2 amide bonds. The van der Waals surface area contributed by atoms with Gasteiger partial charge in [0.2, 0.25) is 11.9 Å². The van der Waals surface area contributed by atoms with E-state index in [2.05, 4.69) is 25.8 Å². The summed E-state index contributed by atoms with van der Waals surface area (Å²) >= 11 is 0. The lowest BCUT2D eigenvalue weighted by molar-refractivity contribution is -0.117. The second kappa shape index (κ2) is 10.1. The van der Waals surface area contributed by atoms with Crippen LogP contribution in [-0.4, -0.2) is 47.0 Å². The highest BCUT2D eigenvalue weighted by molar-refractivity contribution is 6.03. The molecule has 3 aliphatic rings. The number of ether oxygens (including phenoxy) is 1. The highest BCUT2D eigenvalue weighted by Crippen LogP contribution is 2.38. The fourth-order valence-electron chi connectivity index (χ4n) is 5.60. The summed E-state index contributed by atoms with van der Waals surface area (Å²) in [4.78, 5) is 36.9. The van der Waals surface area contributed by atoms with E-state index in [1.807, 2.05) is 13.0 Å². The van der Waals surface area contributed by atoms with Crippen LogP contribution < -0.4 is 25.6 Å². The van der Waals surface area contributed by atoms with Gasteiger partial charge in [-0.05, 0) is 50.3 Å². The molecule has 0 bridgehead atoms. The second-order valence-electron chi connectivity index (χ2n) is 9.68. The first-order valence-corrected chi connectivity index (χ1v) is 12.8. The van der Waals surface area contributed by atoms with Gasteiger partial charge in [-0.3, -0.25) is 9.59 Å². The zero-order chi connectivity index (χ0) is 24.4. The Morgan fingerprint density at radius 3 is 2.63 bits per heavy atom. The molecule has 0 radical (unpaired) electrons. The second-order valence-corrected chi connectivity index (χ2v) is 9.68. The molecule has 0 unspecified atom stereocenters. The number of fused-ring (bicyclic) bond motifs is 1. The van der Waals surface area contributed by atoms with Gasteiger partial charge in [0.15, 0.2) is 5.82 Å². The zero-order valence-electron chi connectivity index (χ0n) is 20.5. The molecule has 9 heteroatoms. The third-order valence-electron chi connectivity index (χ3n) is 7.41. The molecule has 1 atom stereocenters. The van der Waals surface area contributed by atoms with E-state index in [1.54, 1.807) is 25.4 Å². The van der Waals surface area contributed by atoms with Crippen LogP contribution in [0.5, 0.6) is 5.75 Å². The number of anilines is 4. The van der Waals surface area contributed by atoms with Gasteiger partial charge in [-0.15, -0.1) is 0 Å². The maximum Gasteiger partial charge on any atom is 0.251 e. The minimum atomic E-state index is -0.236. The molecule has 3 N–H and O–H groups in total. The third kappa shape index (κ3) is 4.76. The van der Waals surface area contributed by atoms with Crippen LogP contribution in [0.25, 0.3) is 0 Å². The number of hydrogen-bond donors (Lipinski definition) is 3. The van der Waals surface area contributed by atoms with Gasteiger partial charge in [0.1, 0.15) is 17.5 Å². The van der Waals surface area contributed by atoms with E-state index in [0.29, 0.717) is 41.1 Å². The minimum Gasteiger partial charge on any atom is -0.495 e. The summed E-state index contributed by atoms with van der Waals surface area (Å²) in [5, 5.41) is 9.34. The highest BCUT2D eigenvalue weighted by Gasteiger charge is 2.38. The first-order valence-electron chi connectivity index (χ1n) is 12.8. The standard InChI is InChI=1S/C26H34N6O3/c1-3-21-25(34)29-20-15-27-26(31-23(20)32(21)18-10-6-7-11-18)30-19-13-12-16(14-22(19)35-2)24(33)28-17-8-4-5-9-17/h12-15,17-18,21H,3-11H2,1-2H3,(H,28,33)(H,29,34)(H,27,30,31)/t21-/m1/s1. The molecule has 2 saturated carbocycles. The topological polar surface area (TPSA) is 108 Å². The quantitative estimate of drug-likeness (QED) is 0.542. The Bertz CT molecular complexity index is 1090. The van der Waals surface area contributed by atoms with Crippen molar-refractivity contribution < 1.29 is 14.3 Å². The van der Waals surface area contributed by atoms with E-state index in [1.165, 1.54) is 25.7 Å². The smallest absolute Gasteiger partial charge is 0.251 e. The Labute approximate surface area is 206 Å². The molecule has 5 rings (SSSR count). The number of rotatable bonds is 7. The molecule has 1 aliphatic heterocycles. The Hall–Kier alpha value is -3.36. The fraction of sp³-hybridized carbons (Fsp3) is 0.538. The van der Waals surface area contributed by atoms with Crippen molar-refractivity contribution in [3.8, 4) is 5.75 Å². The van der Waals surface area contributed by atoms with E-state index in [4.69, 9.17) is 9.72 Å². The third-order valence-corrected chi connectivity index (χ3v) is 7.41. The molecular formula is C26H34N6O3. The Balaban J connectivity index is 1.39. The van der Waals surface area contributed by atoms with Crippen LogP contribution in [0.15, 0.2) is 24.4 Å². The van der Waals surface area contributed by atoms with Crippen molar-refractivity contribution in [2.75, 3.05) is 22.6 Å². The first kappa shape index (κ1) is 23.4. The summed E-state index contributed by atoms with van der Waals surface area (Å²) in [5.41, 5.74) is 1.87. The van der Waals surface area contributed by atoms with E-state index >= 15 is 0 Å². The van der Waals surface area contributed by atoms with Gasteiger partial charge in [-0.25, -0.2) is 4.98 Å². The predicted molar refractivity (Wildman–Crippen MR) is 135 cm³/mol. The number of methoxy groups -OCH3 is 1. The van der Waals surface area contributed by atoms with Gasteiger partial charge in [-0.2, -0.15) is 4.98 Å². The van der Waals surface area contributed by atoms with Crippen molar-refractivity contribution in [2.45, 2.75) is 82.8 Å². The van der Waals surface area contributed by atoms with E-state index in [0.717, 1.165) is 31.5 Å². The Kier molecular flexibility index (Phi) is 6.74. The van der Waals surface area contributed by atoms with Gasteiger partial charge in [0.25, 0.3) is 5.91 Å². The van der Waals surface area contributed by atoms with E-state index in [9.17, 15) is 9.59 Å². The molecule has 1 aromatic heterocycles. The molecule has 2 fully saturated rings. The molecule has 2 aromatic rings. The maximum atomic E-state index is 12.7. The first-order chi connectivity index (χ1) is 17.1. The van der Waals surface area contributed by atoms with Crippen molar-refractivity contribution >= 4 is 35.0 Å². The molecule has 35 heavy (non-hydrogen) atoms. The number of aromatic nitrogens is 2. The fourth-order valence-corrected chi connectivity index (χ4v) is 5.60. The molecular weight excluding hydrogens is 444 g/mol. The number of carbonyl (C=O) groups excluding carboxylic acids is 2. The molecule has 2 heterocycles. The Morgan fingerprint density at radius 1 is 1.17 bits per heavy atom. The lowest BCUT2D eigenvalue weighted by Crippen LogP contribution is -2.52. The van der Waals surface area contributed by atoms with Crippen LogP contribution in [0, 0.1) is 0 Å². The molecule has 186 valence electrons. The largest absolute Gasteiger partial charge is 0.495 e. The SMILES string of the molecule is CC[C@@H]1C(=O)Nc2cnc(Nc3ccc(C(=O)NC4CCCC4)cc3OC)nc2N1C1CCCC1. The summed E-state index contributed by atoms with van der Waals surface area (Å²) < 4.78 is 5.58. The molecule has 0 spiro atoms. The normalized spacial score (nSPS) is 20.5. The van der Waals surface area contributed by atoms with Crippen molar-refractivity contribution in [1.29, 1.82) is 0 Å². The van der Waals surface area contributed by atoms with Crippen LogP contribution in [0.4, 0.5) is 23.1 Å². The molecule has 9 nitrogen and oxygen atoms in total. The van der Waals surface area contributed by atoms with Gasteiger partial charge >= 0.3 is 0 Å². The highest BCUT2D eigenvalue weighted by atomic mass is 16.5. The van der Waals surface area contributed by atoms with Crippen molar-refractivity contribution in [1.82, 2.24) is 15.3 Å². The summed E-state index contributed by atoms with van der Waals surface area (Å²) in [6.45, 7) is 2.03. The number of amides is 2. The monoisotopic (exact) mass is 478 g/mol. The zero-order valence-corrected chi connectivity index (χ0v) is 20.5. The number of nitrogens with one attached hydrogen (secondary N) is 3. The summed E-state index contributed by atoms with van der Waals surface area (Å²) in [6, 6.07) is 5.66. The van der Waals surface area contributed by atoms with Crippen molar-refractivity contribution in [3.05, 3.63) is 30.0 Å². The molecule has 2 aliphatic carbocycles. The van der Waals surface area contributed by atoms with Gasteiger partial charge in [-0.1, -0.05) is 32.6 Å². The predicted octanol–water partition coefficient (Wildman–Crippen LogP) is 4.38. The summed E-state index contributed by atoms with van der Waals surface area (Å²) in [7, 11) is 1.58. The summed E-state index contributed by atoms with van der Waals surface area (Å²) in [5.74, 6) is 1.63. The minimum absolute atomic E-state index is 0.00403. The van der Waals surface area contributed by atoms with Crippen LogP contribution >= 0.6 is 0 Å². The number of hydrogen-bond acceptors (Lipinski definition) is 7. The van der Waals surface area contributed by atoms with Gasteiger partial charge in [0.05, 0.1) is 19.0 Å². The average molecular weight is 479 g/mol. The number of carbonyl (C=O) groups is 2. The maximum absolute atomic E-state index is 12.7. The van der Waals surface area contributed by atoms with Crippen LogP contribution in [0.2, 0.25) is 0 Å². The number of benzene rings is 1. The van der Waals surface area contributed by atoms with E-state index in [-0.39, 0.29) is 23.9 Å².